The number of hydrogen-bond donors (Lipinski definition) is 1. The van der Waals surface area contributed by atoms with E-state index in [1.165, 1.54) is 6.33 Å². The molecule has 1 N–H and O–H groups in total. The minimum Gasteiger partial charge on any atom is -0.481 e. The van der Waals surface area contributed by atoms with Gasteiger partial charge in [0.25, 0.3) is 0 Å². The monoisotopic (exact) mass is 309 g/mol. The van der Waals surface area contributed by atoms with E-state index in [1.54, 1.807) is 19.4 Å². The van der Waals surface area contributed by atoms with Gasteiger partial charge in [0.2, 0.25) is 5.88 Å². The molecule has 0 bridgehead atoms. The van der Waals surface area contributed by atoms with Crippen molar-refractivity contribution in [1.82, 2.24) is 19.9 Å². The second-order valence-corrected chi connectivity index (χ2v) is 4.22. The van der Waals surface area contributed by atoms with Crippen LogP contribution in [-0.4, -0.2) is 33.6 Å². The van der Waals surface area contributed by atoms with Gasteiger partial charge in [0.15, 0.2) is 5.82 Å². The number of aromatic nitrogens is 4. The fourth-order valence-electron chi connectivity index (χ4n) is 1.36. The van der Waals surface area contributed by atoms with Gasteiger partial charge in [-0.05, 0) is 22.9 Å². The molecule has 0 aliphatic carbocycles. The van der Waals surface area contributed by atoms with Crippen molar-refractivity contribution >= 4 is 21.7 Å². The van der Waals surface area contributed by atoms with Crippen LogP contribution in [0.4, 0.5) is 5.82 Å². The van der Waals surface area contributed by atoms with Gasteiger partial charge in [-0.2, -0.15) is 0 Å². The highest BCUT2D eigenvalue weighted by Crippen LogP contribution is 2.23. The van der Waals surface area contributed by atoms with E-state index >= 15 is 0 Å². The first-order valence-corrected chi connectivity index (χ1v) is 6.16. The van der Waals surface area contributed by atoms with Gasteiger partial charge in [-0.1, -0.05) is 0 Å². The van der Waals surface area contributed by atoms with Crippen molar-refractivity contribution in [3.63, 3.8) is 0 Å². The quantitative estimate of drug-likeness (QED) is 0.933. The molecule has 0 saturated carbocycles. The third-order valence-corrected chi connectivity index (χ3v) is 2.75. The summed E-state index contributed by atoms with van der Waals surface area (Å²) in [5, 5.41) is 3.14. The highest BCUT2D eigenvalue weighted by molar-refractivity contribution is 9.10. The van der Waals surface area contributed by atoms with Gasteiger partial charge in [0.05, 0.1) is 11.6 Å². The van der Waals surface area contributed by atoms with Crippen molar-refractivity contribution in [2.45, 2.75) is 6.92 Å². The van der Waals surface area contributed by atoms with Crippen LogP contribution in [-0.2, 0) is 0 Å². The molecule has 2 heterocycles. The number of rotatable bonds is 4. The molecule has 0 saturated heterocycles. The minimum absolute atomic E-state index is 0.483. The van der Waals surface area contributed by atoms with Gasteiger partial charge in [0, 0.05) is 18.8 Å². The number of hydrogen-bond acceptors (Lipinski definition) is 6. The summed E-state index contributed by atoms with van der Waals surface area (Å²) < 4.78 is 5.86. The van der Waals surface area contributed by atoms with Crippen LogP contribution < -0.4 is 10.1 Å². The van der Waals surface area contributed by atoms with Crippen molar-refractivity contribution in [3.05, 3.63) is 23.1 Å². The summed E-state index contributed by atoms with van der Waals surface area (Å²) in [6.45, 7) is 2.78. The van der Waals surface area contributed by atoms with E-state index in [0.29, 0.717) is 17.4 Å². The Labute approximate surface area is 113 Å². The minimum atomic E-state index is 0.483. The zero-order valence-corrected chi connectivity index (χ0v) is 11.6. The molecular weight excluding hydrogens is 298 g/mol. The Bertz CT molecular complexity index is 549. The zero-order valence-electron chi connectivity index (χ0n) is 10.0. The molecule has 6 nitrogen and oxygen atoms in total. The third-order valence-electron chi connectivity index (χ3n) is 2.17. The largest absolute Gasteiger partial charge is 0.481 e. The number of halogens is 1. The summed E-state index contributed by atoms with van der Waals surface area (Å²) >= 11 is 3.39. The average molecular weight is 310 g/mol. The Morgan fingerprint density at radius 1 is 1.33 bits per heavy atom. The highest BCUT2D eigenvalue weighted by atomic mass is 79.9. The van der Waals surface area contributed by atoms with Crippen LogP contribution in [0.2, 0.25) is 0 Å². The molecule has 0 aliphatic heterocycles. The Morgan fingerprint density at radius 3 is 2.89 bits per heavy atom. The molecule has 18 heavy (non-hydrogen) atoms. The topological polar surface area (TPSA) is 72.8 Å². The first-order chi connectivity index (χ1) is 8.74. The Hall–Kier alpha value is -1.76. The maximum atomic E-state index is 5.05. The van der Waals surface area contributed by atoms with Crippen LogP contribution in [0.25, 0.3) is 11.5 Å². The fourth-order valence-corrected chi connectivity index (χ4v) is 1.69. The van der Waals surface area contributed by atoms with Crippen molar-refractivity contribution in [2.75, 3.05) is 19.0 Å². The van der Waals surface area contributed by atoms with E-state index in [2.05, 4.69) is 41.2 Å². The van der Waals surface area contributed by atoms with Gasteiger partial charge >= 0.3 is 0 Å². The molecule has 0 radical (unpaired) electrons. The molecule has 0 unspecified atom stereocenters. The number of anilines is 1. The second-order valence-electron chi connectivity index (χ2n) is 3.37. The standard InChI is InChI=1S/C11H12BrN5O/c1-3-13-10-7(12)5-14-11(17-10)8-4-9(18-2)16-6-15-8/h4-6H,3H2,1-2H3,(H,13,14,17). The molecule has 0 aromatic carbocycles. The molecular formula is C11H12BrN5O. The molecule has 7 heteroatoms. The number of methoxy groups -OCH3 is 1. The van der Waals surface area contributed by atoms with Gasteiger partial charge in [-0.15, -0.1) is 0 Å². The van der Waals surface area contributed by atoms with E-state index < -0.39 is 0 Å². The predicted octanol–water partition coefficient (Wildman–Crippen LogP) is 2.14. The highest BCUT2D eigenvalue weighted by Gasteiger charge is 2.08. The SMILES string of the molecule is CCNc1nc(-c2cc(OC)ncn2)ncc1Br. The molecule has 0 aliphatic rings. The number of ether oxygens (including phenoxy) is 1. The number of nitrogens with zero attached hydrogens (tertiary/aromatic N) is 4. The van der Waals surface area contributed by atoms with Crippen molar-refractivity contribution in [1.29, 1.82) is 0 Å². The van der Waals surface area contributed by atoms with Crippen LogP contribution in [0.15, 0.2) is 23.1 Å². The lowest BCUT2D eigenvalue weighted by atomic mass is 10.3. The molecule has 94 valence electrons. The van der Waals surface area contributed by atoms with Gasteiger partial charge in [0.1, 0.15) is 17.8 Å². The summed E-state index contributed by atoms with van der Waals surface area (Å²) in [5.74, 6) is 1.74. The zero-order chi connectivity index (χ0) is 13.0. The number of nitrogens with one attached hydrogen (secondary N) is 1. The molecule has 2 aromatic heterocycles. The van der Waals surface area contributed by atoms with Crippen LogP contribution in [0.3, 0.4) is 0 Å². The van der Waals surface area contributed by atoms with E-state index in [0.717, 1.165) is 16.8 Å². The molecule has 2 rings (SSSR count). The van der Waals surface area contributed by atoms with Crippen molar-refractivity contribution in [2.24, 2.45) is 0 Å². The van der Waals surface area contributed by atoms with E-state index in [1.807, 2.05) is 6.92 Å². The molecule has 0 spiro atoms. The Kier molecular flexibility index (Phi) is 4.03. The van der Waals surface area contributed by atoms with E-state index in [4.69, 9.17) is 4.74 Å². The Morgan fingerprint density at radius 2 is 2.17 bits per heavy atom. The third kappa shape index (κ3) is 2.73. The van der Waals surface area contributed by atoms with Gasteiger partial charge in [-0.3, -0.25) is 0 Å². The summed E-state index contributed by atoms with van der Waals surface area (Å²) in [4.78, 5) is 16.7. The van der Waals surface area contributed by atoms with Crippen molar-refractivity contribution in [3.8, 4) is 17.4 Å². The van der Waals surface area contributed by atoms with Crippen molar-refractivity contribution < 1.29 is 4.74 Å². The van der Waals surface area contributed by atoms with Crippen LogP contribution in [0.5, 0.6) is 5.88 Å². The van der Waals surface area contributed by atoms with Crippen LogP contribution in [0, 0.1) is 0 Å². The summed E-state index contributed by atoms with van der Waals surface area (Å²) in [5.41, 5.74) is 0.619. The Balaban J connectivity index is 2.40. The predicted molar refractivity (Wildman–Crippen MR) is 71.5 cm³/mol. The fraction of sp³-hybridized carbons (Fsp3) is 0.273. The summed E-state index contributed by atoms with van der Waals surface area (Å²) in [7, 11) is 1.55. The summed E-state index contributed by atoms with van der Waals surface area (Å²) in [6, 6.07) is 1.69. The van der Waals surface area contributed by atoms with E-state index in [9.17, 15) is 0 Å². The molecule has 0 fully saturated rings. The lowest BCUT2D eigenvalue weighted by molar-refractivity contribution is 0.397. The molecule has 2 aromatic rings. The van der Waals surface area contributed by atoms with Gasteiger partial charge < -0.3 is 10.1 Å². The lowest BCUT2D eigenvalue weighted by Gasteiger charge is -2.07. The second kappa shape index (κ2) is 5.72. The van der Waals surface area contributed by atoms with Crippen LogP contribution >= 0.6 is 15.9 Å². The first-order valence-electron chi connectivity index (χ1n) is 5.37. The average Bonchev–Trinajstić information content (AvgIpc) is 2.41. The normalized spacial score (nSPS) is 10.2. The van der Waals surface area contributed by atoms with Gasteiger partial charge in [-0.25, -0.2) is 19.9 Å². The maximum Gasteiger partial charge on any atom is 0.216 e. The lowest BCUT2D eigenvalue weighted by Crippen LogP contribution is -2.03. The summed E-state index contributed by atoms with van der Waals surface area (Å²) in [6.07, 6.45) is 3.11. The maximum absolute atomic E-state index is 5.05. The van der Waals surface area contributed by atoms with E-state index in [-0.39, 0.29) is 0 Å². The molecule has 0 amide bonds. The van der Waals surface area contributed by atoms with Crippen LogP contribution in [0.1, 0.15) is 6.92 Å². The first kappa shape index (κ1) is 12.7. The smallest absolute Gasteiger partial charge is 0.216 e. The molecule has 0 atom stereocenters.